The SMILES string of the molecule is CCNC(=O)[C@H](C)N(Cc1ccc(Cl)cc1)C(=O)CN(c1ccc(C)cc1)S(=O)(=O)c1ccc(SC)cc1. The largest absolute Gasteiger partial charge is 0.355 e. The van der Waals surface area contributed by atoms with Gasteiger partial charge in [-0.05, 0) is 81.1 Å². The zero-order valence-corrected chi connectivity index (χ0v) is 24.2. The monoisotopic (exact) mass is 573 g/mol. The highest BCUT2D eigenvalue weighted by Crippen LogP contribution is 2.26. The molecule has 0 aromatic heterocycles. The van der Waals surface area contributed by atoms with Gasteiger partial charge >= 0.3 is 0 Å². The minimum atomic E-state index is -4.10. The van der Waals surface area contributed by atoms with E-state index in [0.717, 1.165) is 20.3 Å². The highest BCUT2D eigenvalue weighted by molar-refractivity contribution is 7.98. The molecule has 10 heteroatoms. The van der Waals surface area contributed by atoms with E-state index in [4.69, 9.17) is 11.6 Å². The quantitative estimate of drug-likeness (QED) is 0.322. The van der Waals surface area contributed by atoms with Gasteiger partial charge in [0.15, 0.2) is 0 Å². The molecule has 0 spiro atoms. The molecule has 3 rings (SSSR count). The maximum atomic E-state index is 13.8. The maximum Gasteiger partial charge on any atom is 0.264 e. The number of aryl methyl sites for hydroxylation is 1. The lowest BCUT2D eigenvalue weighted by Gasteiger charge is -2.32. The van der Waals surface area contributed by atoms with Crippen LogP contribution in [0.25, 0.3) is 0 Å². The fourth-order valence-corrected chi connectivity index (χ4v) is 5.75. The number of amides is 2. The number of carbonyl (C=O) groups is 2. The van der Waals surface area contributed by atoms with Gasteiger partial charge in [0.2, 0.25) is 11.8 Å². The number of likely N-dealkylation sites (N-methyl/N-ethyl adjacent to an activating group) is 1. The Morgan fingerprint density at radius 1 is 0.974 bits per heavy atom. The van der Waals surface area contributed by atoms with Crippen LogP contribution in [0.15, 0.2) is 82.6 Å². The summed E-state index contributed by atoms with van der Waals surface area (Å²) in [5.74, 6) is -0.837. The van der Waals surface area contributed by atoms with Gasteiger partial charge in [0.1, 0.15) is 12.6 Å². The van der Waals surface area contributed by atoms with Gasteiger partial charge in [-0.25, -0.2) is 8.42 Å². The number of nitrogens with one attached hydrogen (secondary N) is 1. The average molecular weight is 574 g/mol. The molecule has 0 bridgehead atoms. The third kappa shape index (κ3) is 7.30. The highest BCUT2D eigenvalue weighted by atomic mass is 35.5. The lowest BCUT2D eigenvalue weighted by molar-refractivity contribution is -0.139. The van der Waals surface area contributed by atoms with Crippen LogP contribution >= 0.6 is 23.4 Å². The molecule has 0 aliphatic rings. The van der Waals surface area contributed by atoms with Crippen molar-refractivity contribution in [3.8, 4) is 0 Å². The molecule has 202 valence electrons. The summed E-state index contributed by atoms with van der Waals surface area (Å²) in [7, 11) is -4.10. The zero-order chi connectivity index (χ0) is 27.9. The molecule has 38 heavy (non-hydrogen) atoms. The van der Waals surface area contributed by atoms with Gasteiger partial charge in [0.05, 0.1) is 10.6 Å². The minimum Gasteiger partial charge on any atom is -0.355 e. The number of halogens is 1. The Bertz CT molecular complexity index is 1350. The Hall–Kier alpha value is -3.01. The summed E-state index contributed by atoms with van der Waals surface area (Å²) in [5.41, 5.74) is 2.07. The lowest BCUT2D eigenvalue weighted by Crippen LogP contribution is -2.51. The van der Waals surface area contributed by atoms with Gasteiger partial charge in [-0.15, -0.1) is 11.8 Å². The fourth-order valence-electron chi connectivity index (χ4n) is 3.81. The van der Waals surface area contributed by atoms with E-state index in [0.29, 0.717) is 17.3 Å². The van der Waals surface area contributed by atoms with Crippen LogP contribution in [0.1, 0.15) is 25.0 Å². The third-order valence-corrected chi connectivity index (χ3v) is 8.82. The van der Waals surface area contributed by atoms with Gasteiger partial charge in [-0.3, -0.25) is 13.9 Å². The molecule has 0 saturated carbocycles. The Balaban J connectivity index is 2.01. The van der Waals surface area contributed by atoms with Gasteiger partial charge in [0, 0.05) is 23.0 Å². The number of nitrogens with zero attached hydrogens (tertiary/aromatic N) is 2. The number of anilines is 1. The van der Waals surface area contributed by atoms with E-state index < -0.39 is 28.5 Å². The van der Waals surface area contributed by atoms with E-state index in [-0.39, 0.29) is 17.3 Å². The van der Waals surface area contributed by atoms with Crippen molar-refractivity contribution in [2.75, 3.05) is 23.7 Å². The van der Waals surface area contributed by atoms with Crippen LogP contribution in [0.2, 0.25) is 5.02 Å². The first-order chi connectivity index (χ1) is 18.1. The molecule has 3 aromatic carbocycles. The molecular formula is C28H32ClN3O4S2. The molecule has 1 N–H and O–H groups in total. The van der Waals surface area contributed by atoms with E-state index in [1.165, 1.54) is 28.8 Å². The molecule has 0 fully saturated rings. The lowest BCUT2D eigenvalue weighted by atomic mass is 10.1. The summed E-state index contributed by atoms with van der Waals surface area (Å²) in [6, 6.07) is 19.6. The molecule has 0 heterocycles. The molecule has 1 atom stereocenters. The van der Waals surface area contributed by atoms with E-state index in [1.807, 2.05) is 13.2 Å². The first-order valence-electron chi connectivity index (χ1n) is 12.1. The van der Waals surface area contributed by atoms with Crippen molar-refractivity contribution < 1.29 is 18.0 Å². The molecule has 0 radical (unpaired) electrons. The van der Waals surface area contributed by atoms with Crippen molar-refractivity contribution in [1.82, 2.24) is 10.2 Å². The standard InChI is InChI=1S/C28H32ClN3O4S2/c1-5-30-28(34)21(3)31(18-22-8-10-23(29)11-9-22)27(33)19-32(24-12-6-20(2)7-13-24)38(35,36)26-16-14-25(37-4)15-17-26/h6-17,21H,5,18-19H2,1-4H3,(H,30,34)/t21-/m0/s1. The van der Waals surface area contributed by atoms with E-state index >= 15 is 0 Å². The number of hydrogen-bond acceptors (Lipinski definition) is 5. The molecule has 0 aliphatic carbocycles. The minimum absolute atomic E-state index is 0.0738. The van der Waals surface area contributed by atoms with Gasteiger partial charge in [-0.1, -0.05) is 41.4 Å². The van der Waals surface area contributed by atoms with Crippen LogP contribution in [0.3, 0.4) is 0 Å². The molecule has 7 nitrogen and oxygen atoms in total. The maximum absolute atomic E-state index is 13.8. The van der Waals surface area contributed by atoms with E-state index in [2.05, 4.69) is 5.32 Å². The summed E-state index contributed by atoms with van der Waals surface area (Å²) in [4.78, 5) is 28.9. The number of thioether (sulfide) groups is 1. The first kappa shape index (κ1) is 29.5. The van der Waals surface area contributed by atoms with Gasteiger partial charge in [0.25, 0.3) is 10.0 Å². The molecule has 0 saturated heterocycles. The Labute approximate surface area is 234 Å². The van der Waals surface area contributed by atoms with E-state index in [9.17, 15) is 18.0 Å². The summed E-state index contributed by atoms with van der Waals surface area (Å²) in [6.45, 7) is 5.36. The average Bonchev–Trinajstić information content (AvgIpc) is 2.91. The molecule has 0 unspecified atom stereocenters. The first-order valence-corrected chi connectivity index (χ1v) is 15.2. The molecule has 2 amide bonds. The molecule has 0 aliphatic heterocycles. The number of carbonyl (C=O) groups excluding carboxylic acids is 2. The summed E-state index contributed by atoms with van der Waals surface area (Å²) in [5, 5.41) is 3.29. The Kier molecular flexibility index (Phi) is 10.2. The highest BCUT2D eigenvalue weighted by Gasteiger charge is 2.32. The number of rotatable bonds is 11. The van der Waals surface area contributed by atoms with Crippen molar-refractivity contribution in [3.05, 3.63) is 88.9 Å². The Morgan fingerprint density at radius 2 is 1.58 bits per heavy atom. The summed E-state index contributed by atoms with van der Waals surface area (Å²) >= 11 is 7.53. The van der Waals surface area contributed by atoms with Gasteiger partial charge < -0.3 is 10.2 Å². The van der Waals surface area contributed by atoms with Crippen LogP contribution in [-0.2, 0) is 26.2 Å². The molecular weight excluding hydrogens is 542 g/mol. The predicted molar refractivity (Wildman–Crippen MR) is 154 cm³/mol. The predicted octanol–water partition coefficient (Wildman–Crippen LogP) is 5.12. The second-order valence-corrected chi connectivity index (χ2v) is 11.9. The number of hydrogen-bond donors (Lipinski definition) is 1. The Morgan fingerprint density at radius 3 is 2.13 bits per heavy atom. The summed E-state index contributed by atoms with van der Waals surface area (Å²) in [6.07, 6.45) is 1.91. The second-order valence-electron chi connectivity index (χ2n) is 8.74. The smallest absolute Gasteiger partial charge is 0.264 e. The van der Waals surface area contributed by atoms with Gasteiger partial charge in [-0.2, -0.15) is 0 Å². The van der Waals surface area contributed by atoms with Crippen molar-refractivity contribution in [2.24, 2.45) is 0 Å². The van der Waals surface area contributed by atoms with Crippen molar-refractivity contribution in [1.29, 1.82) is 0 Å². The van der Waals surface area contributed by atoms with Crippen molar-refractivity contribution in [2.45, 2.75) is 43.1 Å². The topological polar surface area (TPSA) is 86.8 Å². The van der Waals surface area contributed by atoms with Crippen LogP contribution in [0.4, 0.5) is 5.69 Å². The van der Waals surface area contributed by atoms with Crippen LogP contribution in [0, 0.1) is 6.92 Å². The van der Waals surface area contributed by atoms with Crippen LogP contribution in [0.5, 0.6) is 0 Å². The van der Waals surface area contributed by atoms with Crippen molar-refractivity contribution >= 4 is 50.9 Å². The molecule has 3 aromatic rings. The van der Waals surface area contributed by atoms with Crippen LogP contribution < -0.4 is 9.62 Å². The summed E-state index contributed by atoms with van der Waals surface area (Å²) < 4.78 is 28.8. The number of sulfonamides is 1. The third-order valence-electron chi connectivity index (χ3n) is 6.03. The van der Waals surface area contributed by atoms with Crippen molar-refractivity contribution in [3.63, 3.8) is 0 Å². The zero-order valence-electron chi connectivity index (χ0n) is 21.8. The fraction of sp³-hybridized carbons (Fsp3) is 0.286. The number of benzene rings is 3. The second kappa shape index (κ2) is 13.2. The normalized spacial score (nSPS) is 12.0. The van der Waals surface area contributed by atoms with Crippen LogP contribution in [-0.4, -0.2) is 50.5 Å². The van der Waals surface area contributed by atoms with E-state index in [1.54, 1.807) is 74.5 Å².